The van der Waals surface area contributed by atoms with Crippen molar-refractivity contribution in [3.05, 3.63) is 23.4 Å². The molecular weight excluding hydrogens is 228 g/mol. The van der Waals surface area contributed by atoms with Gasteiger partial charge in [0.05, 0.1) is 0 Å². The van der Waals surface area contributed by atoms with Crippen LogP contribution in [0.5, 0.6) is 0 Å². The van der Waals surface area contributed by atoms with Crippen LogP contribution in [0.25, 0.3) is 0 Å². The summed E-state index contributed by atoms with van der Waals surface area (Å²) >= 11 is 0. The van der Waals surface area contributed by atoms with Gasteiger partial charge in [-0.3, -0.25) is 14.8 Å². The molecule has 0 spiro atoms. The monoisotopic (exact) mass is 246 g/mol. The average Bonchev–Trinajstić information content (AvgIpc) is 2.37. The summed E-state index contributed by atoms with van der Waals surface area (Å²) in [5, 5.41) is 7.08. The van der Waals surface area contributed by atoms with Gasteiger partial charge in [0.1, 0.15) is 0 Å². The minimum absolute atomic E-state index is 0.0671. The van der Waals surface area contributed by atoms with Crippen LogP contribution in [-0.2, 0) is 4.79 Å². The number of hydrogen-bond acceptors (Lipinski definition) is 4. The molecule has 3 heterocycles. The van der Waals surface area contributed by atoms with E-state index in [9.17, 15) is 4.79 Å². The number of hydrogen-bond donors (Lipinski definition) is 1. The first-order chi connectivity index (χ1) is 8.66. The maximum absolute atomic E-state index is 11.5. The second-order valence-corrected chi connectivity index (χ2v) is 5.11. The molecule has 0 aromatic carbocycles. The number of nitrogens with one attached hydrogen (secondary N) is 1. The van der Waals surface area contributed by atoms with E-state index in [0.717, 1.165) is 6.42 Å². The van der Waals surface area contributed by atoms with Crippen molar-refractivity contribution in [2.45, 2.75) is 19.0 Å². The first-order valence-corrected chi connectivity index (χ1v) is 6.31. The lowest BCUT2D eigenvalue weighted by Gasteiger charge is -2.44. The molecule has 1 saturated heterocycles. The van der Waals surface area contributed by atoms with Crippen LogP contribution in [0.2, 0.25) is 0 Å². The van der Waals surface area contributed by atoms with Crippen molar-refractivity contribution >= 4 is 12.1 Å². The Morgan fingerprint density at radius 2 is 2.33 bits per heavy atom. The summed E-state index contributed by atoms with van der Waals surface area (Å²) in [6, 6.07) is 0. The fourth-order valence-electron chi connectivity index (χ4n) is 2.84. The lowest BCUT2D eigenvalue weighted by Crippen LogP contribution is -2.50. The van der Waals surface area contributed by atoms with Crippen molar-refractivity contribution < 1.29 is 4.79 Å². The fourth-order valence-corrected chi connectivity index (χ4v) is 2.84. The van der Waals surface area contributed by atoms with E-state index in [4.69, 9.17) is 0 Å². The quantitative estimate of drug-likeness (QED) is 0.686. The summed E-state index contributed by atoms with van der Waals surface area (Å²) in [5.41, 5.74) is 2.52. The molecule has 0 aliphatic carbocycles. The standard InChI is InChI=1S/C13H18N4O/c1-16(2)17-8-9-6-12(18)15-7-11(9)10-4-3-5-14-13(10)17/h4-5,8,11,13H,3,6-7H2,1-2H3,(H,15,18). The molecule has 3 aliphatic heterocycles. The van der Waals surface area contributed by atoms with Crippen LogP contribution >= 0.6 is 0 Å². The van der Waals surface area contributed by atoms with E-state index in [1.165, 1.54) is 11.1 Å². The zero-order chi connectivity index (χ0) is 12.7. The number of aliphatic imine (C=N–C) groups is 1. The first-order valence-electron chi connectivity index (χ1n) is 6.31. The van der Waals surface area contributed by atoms with E-state index in [0.29, 0.717) is 18.9 Å². The van der Waals surface area contributed by atoms with Crippen molar-refractivity contribution in [2.24, 2.45) is 10.9 Å². The van der Waals surface area contributed by atoms with Crippen LogP contribution in [0, 0.1) is 5.92 Å². The number of carbonyl (C=O) groups is 1. The highest BCUT2D eigenvalue weighted by atomic mass is 16.1. The number of carbonyl (C=O) groups excluding carboxylic acids is 1. The Kier molecular flexibility index (Phi) is 2.70. The molecule has 0 radical (unpaired) electrons. The summed E-state index contributed by atoms with van der Waals surface area (Å²) in [5.74, 6) is 0.455. The molecule has 0 bridgehead atoms. The highest BCUT2D eigenvalue weighted by molar-refractivity contribution is 5.80. The number of dihydropyridines is 1. The second kappa shape index (κ2) is 4.24. The number of hydrazine groups is 1. The smallest absolute Gasteiger partial charge is 0.224 e. The van der Waals surface area contributed by atoms with Crippen LogP contribution in [0.3, 0.4) is 0 Å². The summed E-state index contributed by atoms with van der Waals surface area (Å²) < 4.78 is 0. The number of nitrogens with zero attached hydrogens (tertiary/aromatic N) is 3. The Bertz CT molecular complexity index is 464. The van der Waals surface area contributed by atoms with Gasteiger partial charge in [0.15, 0.2) is 6.17 Å². The Hall–Kier alpha value is -1.62. The molecule has 2 unspecified atom stereocenters. The zero-order valence-electron chi connectivity index (χ0n) is 10.8. The minimum Gasteiger partial charge on any atom is -0.355 e. The summed E-state index contributed by atoms with van der Waals surface area (Å²) in [6.07, 6.45) is 7.77. The normalized spacial score (nSPS) is 30.4. The lowest BCUT2D eigenvalue weighted by atomic mass is 9.81. The number of rotatable bonds is 1. The molecule has 3 rings (SSSR count). The average molecular weight is 246 g/mol. The third-order valence-electron chi connectivity index (χ3n) is 3.73. The van der Waals surface area contributed by atoms with E-state index in [-0.39, 0.29) is 12.1 Å². The molecule has 5 nitrogen and oxygen atoms in total. The molecule has 1 fully saturated rings. The third-order valence-corrected chi connectivity index (χ3v) is 3.73. The maximum Gasteiger partial charge on any atom is 0.224 e. The Balaban J connectivity index is 2.01. The van der Waals surface area contributed by atoms with Crippen LogP contribution in [0.4, 0.5) is 0 Å². The van der Waals surface area contributed by atoms with Gasteiger partial charge in [-0.05, 0) is 11.1 Å². The van der Waals surface area contributed by atoms with Crippen LogP contribution < -0.4 is 5.32 Å². The fraction of sp³-hybridized carbons (Fsp3) is 0.538. The van der Waals surface area contributed by atoms with Crippen molar-refractivity contribution in [1.82, 2.24) is 15.3 Å². The molecule has 0 aromatic rings. The molecule has 5 heteroatoms. The Morgan fingerprint density at radius 1 is 1.50 bits per heavy atom. The van der Waals surface area contributed by atoms with E-state index >= 15 is 0 Å². The lowest BCUT2D eigenvalue weighted by molar-refractivity contribution is -0.121. The first kappa shape index (κ1) is 11.5. The molecule has 1 amide bonds. The van der Waals surface area contributed by atoms with E-state index < -0.39 is 0 Å². The number of amides is 1. The van der Waals surface area contributed by atoms with Gasteiger partial charge in [-0.25, -0.2) is 5.01 Å². The highest BCUT2D eigenvalue weighted by Crippen LogP contribution is 2.37. The molecule has 3 aliphatic rings. The van der Waals surface area contributed by atoms with Gasteiger partial charge in [0.2, 0.25) is 5.91 Å². The SMILES string of the molecule is CN(C)N1C=C2CC(=O)NCC2C2=CCC=NC21. The predicted octanol–water partition coefficient (Wildman–Crippen LogP) is 0.526. The number of allylic oxidation sites excluding steroid dienone is 1. The topological polar surface area (TPSA) is 47.9 Å². The molecule has 96 valence electrons. The van der Waals surface area contributed by atoms with Crippen molar-refractivity contribution in [2.75, 3.05) is 20.6 Å². The van der Waals surface area contributed by atoms with Gasteiger partial charge in [0, 0.05) is 51.8 Å². The third kappa shape index (κ3) is 1.75. The minimum atomic E-state index is 0.0671. The van der Waals surface area contributed by atoms with E-state index in [2.05, 4.69) is 27.6 Å². The largest absolute Gasteiger partial charge is 0.355 e. The maximum atomic E-state index is 11.5. The zero-order valence-corrected chi connectivity index (χ0v) is 10.8. The van der Waals surface area contributed by atoms with Crippen molar-refractivity contribution in [3.63, 3.8) is 0 Å². The van der Waals surface area contributed by atoms with Gasteiger partial charge < -0.3 is 5.32 Å². The Labute approximate surface area is 107 Å². The molecule has 18 heavy (non-hydrogen) atoms. The summed E-state index contributed by atoms with van der Waals surface area (Å²) in [4.78, 5) is 16.1. The molecular formula is C13H18N4O. The summed E-state index contributed by atoms with van der Waals surface area (Å²) in [7, 11) is 4.00. The number of fused-ring (bicyclic) bond motifs is 3. The van der Waals surface area contributed by atoms with Crippen molar-refractivity contribution in [1.29, 1.82) is 0 Å². The Morgan fingerprint density at radius 3 is 3.11 bits per heavy atom. The van der Waals surface area contributed by atoms with Gasteiger partial charge in [-0.15, -0.1) is 0 Å². The van der Waals surface area contributed by atoms with Gasteiger partial charge in [0.25, 0.3) is 0 Å². The van der Waals surface area contributed by atoms with Crippen LogP contribution in [0.1, 0.15) is 12.8 Å². The van der Waals surface area contributed by atoms with E-state index in [1.54, 1.807) is 0 Å². The van der Waals surface area contributed by atoms with Gasteiger partial charge >= 0.3 is 0 Å². The van der Waals surface area contributed by atoms with Gasteiger partial charge in [-0.2, -0.15) is 0 Å². The van der Waals surface area contributed by atoms with E-state index in [1.807, 2.05) is 25.3 Å². The van der Waals surface area contributed by atoms with Gasteiger partial charge in [-0.1, -0.05) is 6.08 Å². The molecule has 2 atom stereocenters. The van der Waals surface area contributed by atoms with Crippen molar-refractivity contribution in [3.8, 4) is 0 Å². The van der Waals surface area contributed by atoms with Crippen LogP contribution in [0.15, 0.2) is 28.4 Å². The molecule has 1 N–H and O–H groups in total. The second-order valence-electron chi connectivity index (χ2n) is 5.11. The number of piperidine rings is 1. The highest BCUT2D eigenvalue weighted by Gasteiger charge is 2.37. The molecule has 0 saturated carbocycles. The summed E-state index contributed by atoms with van der Waals surface area (Å²) in [6.45, 7) is 0.712. The van der Waals surface area contributed by atoms with Crippen LogP contribution in [-0.4, -0.2) is 48.9 Å². The molecule has 0 aromatic heterocycles. The predicted molar refractivity (Wildman–Crippen MR) is 69.7 cm³/mol.